The average molecular weight is 142 g/mol. The minimum absolute atomic E-state index is 0.470. The van der Waals surface area contributed by atoms with Gasteiger partial charge in [0.05, 0.1) is 0 Å². The van der Waals surface area contributed by atoms with Crippen molar-refractivity contribution < 1.29 is 19.1 Å². The van der Waals surface area contributed by atoms with Crippen LogP contribution in [0.2, 0.25) is 0 Å². The lowest BCUT2D eigenvalue weighted by molar-refractivity contribution is -0.185. The lowest BCUT2D eigenvalue weighted by atomic mass is 10.2. The van der Waals surface area contributed by atoms with E-state index in [9.17, 15) is 9.59 Å². The van der Waals surface area contributed by atoms with Crippen LogP contribution >= 0.6 is 0 Å². The molecular formula is C6H6O4. The Morgan fingerprint density at radius 3 is 2.10 bits per heavy atom. The second kappa shape index (κ2) is 1.79. The lowest BCUT2D eigenvalue weighted by Gasteiger charge is -2.16. The number of rotatable bonds is 0. The Kier molecular flexibility index (Phi) is 1.05. The van der Waals surface area contributed by atoms with Crippen molar-refractivity contribution in [1.82, 2.24) is 0 Å². The highest BCUT2D eigenvalue weighted by atomic mass is 16.7. The van der Waals surface area contributed by atoms with Gasteiger partial charge in [0.2, 0.25) is 0 Å². The molecule has 2 rings (SSSR count). The minimum atomic E-state index is -0.529. The summed E-state index contributed by atoms with van der Waals surface area (Å²) in [5.41, 5.74) is 0. The molecule has 4 heteroatoms. The summed E-state index contributed by atoms with van der Waals surface area (Å²) in [6.07, 6.45) is 0.301. The maximum atomic E-state index is 10.7. The monoisotopic (exact) mass is 142 g/mol. The molecule has 54 valence electrons. The zero-order valence-electron chi connectivity index (χ0n) is 5.20. The van der Waals surface area contributed by atoms with Crippen LogP contribution in [-0.2, 0) is 19.1 Å². The molecule has 4 nitrogen and oxygen atoms in total. The van der Waals surface area contributed by atoms with Gasteiger partial charge in [0.25, 0.3) is 0 Å². The summed E-state index contributed by atoms with van der Waals surface area (Å²) in [5, 5.41) is 0. The Morgan fingerprint density at radius 2 is 1.60 bits per heavy atom. The molecule has 2 aliphatic rings. The first kappa shape index (κ1) is 5.85. The van der Waals surface area contributed by atoms with Gasteiger partial charge in [-0.1, -0.05) is 0 Å². The van der Waals surface area contributed by atoms with E-state index in [0.29, 0.717) is 12.8 Å². The van der Waals surface area contributed by atoms with Crippen molar-refractivity contribution in [3.63, 3.8) is 0 Å². The van der Waals surface area contributed by atoms with E-state index in [4.69, 9.17) is 4.74 Å². The van der Waals surface area contributed by atoms with Gasteiger partial charge in [-0.15, -0.1) is 0 Å². The number of fused-ring (bicyclic) bond motifs is 2. The summed E-state index contributed by atoms with van der Waals surface area (Å²) in [6.45, 7) is 0. The molecule has 2 saturated heterocycles. The first-order chi connectivity index (χ1) is 4.77. The molecule has 0 saturated carbocycles. The molecule has 0 aromatic heterocycles. The summed E-state index contributed by atoms with van der Waals surface area (Å²) in [6, 6.07) is 0. The van der Waals surface area contributed by atoms with E-state index in [1.807, 2.05) is 0 Å². The van der Waals surface area contributed by atoms with Crippen molar-refractivity contribution in [2.45, 2.75) is 25.0 Å². The minimum Gasteiger partial charge on any atom is -0.389 e. The largest absolute Gasteiger partial charge is 0.389 e. The molecule has 2 fully saturated rings. The van der Waals surface area contributed by atoms with Crippen LogP contribution in [0.3, 0.4) is 0 Å². The van der Waals surface area contributed by atoms with Crippen LogP contribution in [0.15, 0.2) is 0 Å². The van der Waals surface area contributed by atoms with E-state index >= 15 is 0 Å². The average Bonchev–Trinajstić information content (AvgIpc) is 2.28. The second-order valence-electron chi connectivity index (χ2n) is 2.43. The van der Waals surface area contributed by atoms with E-state index in [2.05, 4.69) is 4.74 Å². The third-order valence-electron chi connectivity index (χ3n) is 1.75. The Hall–Kier alpha value is -0.900. The van der Waals surface area contributed by atoms with Crippen molar-refractivity contribution in [1.29, 1.82) is 0 Å². The van der Waals surface area contributed by atoms with Gasteiger partial charge in [-0.2, -0.15) is 0 Å². The fourth-order valence-corrected chi connectivity index (χ4v) is 1.21. The molecule has 0 aliphatic carbocycles. The molecular weight excluding hydrogens is 136 g/mol. The van der Waals surface area contributed by atoms with Crippen molar-refractivity contribution in [2.24, 2.45) is 0 Å². The Bertz CT molecular complexity index is 178. The lowest BCUT2D eigenvalue weighted by Crippen LogP contribution is -2.37. The predicted molar refractivity (Wildman–Crippen MR) is 29.0 cm³/mol. The molecule has 2 atom stereocenters. The molecule has 0 radical (unpaired) electrons. The highest BCUT2D eigenvalue weighted by molar-refractivity contribution is 5.93. The molecule has 0 amide bonds. The van der Waals surface area contributed by atoms with Crippen LogP contribution in [0, 0.1) is 0 Å². The van der Waals surface area contributed by atoms with Crippen molar-refractivity contribution >= 4 is 11.9 Å². The number of ether oxygens (including phenoxy) is 2. The fraction of sp³-hybridized carbons (Fsp3) is 0.667. The standard InChI is InChI=1S/C6H6O4/c7-5-3-1-2-4(9-3)6(8)10-5/h3-4H,1-2H2. The number of carbonyl (C=O) groups excluding carboxylic acids is 2. The van der Waals surface area contributed by atoms with Gasteiger partial charge in [-0.3, -0.25) is 0 Å². The van der Waals surface area contributed by atoms with E-state index in [-0.39, 0.29) is 0 Å². The van der Waals surface area contributed by atoms with E-state index < -0.39 is 24.1 Å². The molecule has 2 heterocycles. The third-order valence-corrected chi connectivity index (χ3v) is 1.75. The van der Waals surface area contributed by atoms with E-state index in [0.717, 1.165) is 0 Å². The molecule has 2 bridgehead atoms. The number of esters is 2. The summed E-state index contributed by atoms with van der Waals surface area (Å²) < 4.78 is 9.37. The molecule has 0 spiro atoms. The number of carbonyl (C=O) groups is 2. The Balaban J connectivity index is 2.24. The van der Waals surface area contributed by atoms with Gasteiger partial charge in [0.15, 0.2) is 12.2 Å². The van der Waals surface area contributed by atoms with E-state index in [1.165, 1.54) is 0 Å². The van der Waals surface area contributed by atoms with Crippen LogP contribution in [0.25, 0.3) is 0 Å². The summed E-state index contributed by atoms with van der Waals surface area (Å²) in [4.78, 5) is 21.4. The van der Waals surface area contributed by atoms with Crippen molar-refractivity contribution in [2.75, 3.05) is 0 Å². The van der Waals surface area contributed by atoms with Gasteiger partial charge in [0.1, 0.15) is 0 Å². The normalized spacial score (nSPS) is 38.0. The maximum Gasteiger partial charge on any atom is 0.342 e. The van der Waals surface area contributed by atoms with Crippen LogP contribution in [0.1, 0.15) is 12.8 Å². The topological polar surface area (TPSA) is 52.6 Å². The SMILES string of the molecule is O=C1OC(=O)C2CCC1O2. The first-order valence-electron chi connectivity index (χ1n) is 3.18. The van der Waals surface area contributed by atoms with E-state index in [1.54, 1.807) is 0 Å². The molecule has 2 aliphatic heterocycles. The van der Waals surface area contributed by atoms with Gasteiger partial charge in [-0.05, 0) is 12.8 Å². The predicted octanol–water partition coefficient (Wildman–Crippen LogP) is -0.383. The van der Waals surface area contributed by atoms with Gasteiger partial charge in [-0.25, -0.2) is 9.59 Å². The van der Waals surface area contributed by atoms with Crippen molar-refractivity contribution in [3.05, 3.63) is 0 Å². The smallest absolute Gasteiger partial charge is 0.342 e. The Labute approximate surface area is 57.1 Å². The maximum absolute atomic E-state index is 10.7. The Morgan fingerprint density at radius 1 is 1.10 bits per heavy atom. The van der Waals surface area contributed by atoms with Crippen LogP contribution < -0.4 is 0 Å². The molecule has 10 heavy (non-hydrogen) atoms. The van der Waals surface area contributed by atoms with Crippen LogP contribution in [-0.4, -0.2) is 24.1 Å². The number of cyclic esters (lactones) is 2. The summed E-state index contributed by atoms with van der Waals surface area (Å²) >= 11 is 0. The number of hydrogen-bond acceptors (Lipinski definition) is 4. The molecule has 2 unspecified atom stereocenters. The molecule has 0 aromatic carbocycles. The van der Waals surface area contributed by atoms with Crippen molar-refractivity contribution in [3.8, 4) is 0 Å². The molecule has 0 aromatic rings. The van der Waals surface area contributed by atoms with Crippen LogP contribution in [0.5, 0.6) is 0 Å². The highest BCUT2D eigenvalue weighted by Crippen LogP contribution is 2.25. The van der Waals surface area contributed by atoms with Gasteiger partial charge in [0, 0.05) is 0 Å². The third kappa shape index (κ3) is 0.654. The highest BCUT2D eigenvalue weighted by Gasteiger charge is 2.43. The van der Waals surface area contributed by atoms with Gasteiger partial charge < -0.3 is 9.47 Å². The zero-order valence-corrected chi connectivity index (χ0v) is 5.20. The quantitative estimate of drug-likeness (QED) is 0.341. The molecule has 0 N–H and O–H groups in total. The second-order valence-corrected chi connectivity index (χ2v) is 2.43. The summed E-state index contributed by atoms with van der Waals surface area (Å²) in [7, 11) is 0. The van der Waals surface area contributed by atoms with Gasteiger partial charge >= 0.3 is 11.9 Å². The zero-order chi connectivity index (χ0) is 7.14. The summed E-state index contributed by atoms with van der Waals surface area (Å²) in [5.74, 6) is -1.06. The fourth-order valence-electron chi connectivity index (χ4n) is 1.21. The van der Waals surface area contributed by atoms with Crippen LogP contribution in [0.4, 0.5) is 0 Å². The number of hydrogen-bond donors (Lipinski definition) is 0. The first-order valence-corrected chi connectivity index (χ1v) is 3.18.